The number of ether oxygens (including phenoxy) is 2. The normalized spacial score (nSPS) is 16.0. The molecule has 144 valence electrons. The Hall–Kier alpha value is -2.04. The Morgan fingerprint density at radius 1 is 1.15 bits per heavy atom. The van der Waals surface area contributed by atoms with E-state index in [4.69, 9.17) is 9.47 Å². The predicted octanol–water partition coefficient (Wildman–Crippen LogP) is 3.60. The minimum Gasteiger partial charge on any atom is -0.484 e. The van der Waals surface area contributed by atoms with Crippen LogP contribution in [-0.4, -0.2) is 43.1 Å². The van der Waals surface area contributed by atoms with Crippen LogP contribution in [0.15, 0.2) is 24.3 Å². The quantitative estimate of drug-likeness (QED) is 0.664. The molecule has 1 unspecified atom stereocenters. The van der Waals surface area contributed by atoms with Gasteiger partial charge in [0.25, 0.3) is 5.91 Å². The highest BCUT2D eigenvalue weighted by Gasteiger charge is 2.29. The molecule has 5 nitrogen and oxygen atoms in total. The molecule has 0 saturated heterocycles. The maximum Gasteiger partial charge on any atom is 0.310 e. The number of amides is 1. The third kappa shape index (κ3) is 5.75. The summed E-state index contributed by atoms with van der Waals surface area (Å²) in [6, 6.07) is 8.01. The van der Waals surface area contributed by atoms with Gasteiger partial charge in [-0.3, -0.25) is 9.59 Å². The smallest absolute Gasteiger partial charge is 0.310 e. The van der Waals surface area contributed by atoms with Crippen LogP contribution in [0.3, 0.4) is 0 Å². The maximum absolute atomic E-state index is 12.8. The fourth-order valence-electron chi connectivity index (χ4n) is 3.47. The molecule has 1 amide bonds. The zero-order valence-electron chi connectivity index (χ0n) is 16.2. The third-order valence-electron chi connectivity index (χ3n) is 5.10. The molecule has 1 aromatic rings. The lowest BCUT2D eigenvalue weighted by molar-refractivity contribution is -0.147. The lowest BCUT2D eigenvalue weighted by atomic mass is 9.93. The molecule has 0 spiro atoms. The van der Waals surface area contributed by atoms with Crippen LogP contribution in [0.5, 0.6) is 5.75 Å². The molecule has 0 heterocycles. The van der Waals surface area contributed by atoms with Crippen molar-refractivity contribution in [1.82, 2.24) is 4.90 Å². The van der Waals surface area contributed by atoms with Crippen molar-refractivity contribution in [2.45, 2.75) is 58.4 Å². The SMILES string of the molecule is CCc1ccc(OCC(=O)N(CC(C)C(=O)OC)C2CCCCC2)cc1. The van der Waals surface area contributed by atoms with Crippen molar-refractivity contribution < 1.29 is 19.1 Å². The molecule has 1 saturated carbocycles. The Morgan fingerprint density at radius 2 is 1.81 bits per heavy atom. The number of carbonyl (C=O) groups is 2. The number of rotatable bonds is 8. The van der Waals surface area contributed by atoms with Gasteiger partial charge in [0, 0.05) is 12.6 Å². The molecule has 0 aliphatic heterocycles. The number of nitrogens with zero attached hydrogens (tertiary/aromatic N) is 1. The summed E-state index contributed by atoms with van der Waals surface area (Å²) in [6.07, 6.45) is 6.42. The Bertz CT molecular complexity index is 578. The maximum atomic E-state index is 12.8. The van der Waals surface area contributed by atoms with E-state index < -0.39 is 0 Å². The topological polar surface area (TPSA) is 55.8 Å². The second-order valence-corrected chi connectivity index (χ2v) is 7.05. The highest BCUT2D eigenvalue weighted by molar-refractivity contribution is 5.79. The van der Waals surface area contributed by atoms with Crippen LogP contribution in [0.4, 0.5) is 0 Å². The lowest BCUT2D eigenvalue weighted by Gasteiger charge is -2.35. The molecule has 2 rings (SSSR count). The number of aryl methyl sites for hydroxylation is 1. The van der Waals surface area contributed by atoms with Crippen LogP contribution in [0.2, 0.25) is 0 Å². The Morgan fingerprint density at radius 3 is 2.38 bits per heavy atom. The highest BCUT2D eigenvalue weighted by atomic mass is 16.5. The first-order valence-electron chi connectivity index (χ1n) is 9.64. The van der Waals surface area contributed by atoms with Crippen LogP contribution in [0, 0.1) is 5.92 Å². The first-order chi connectivity index (χ1) is 12.5. The van der Waals surface area contributed by atoms with Crippen LogP contribution in [0.25, 0.3) is 0 Å². The van der Waals surface area contributed by atoms with Gasteiger partial charge in [-0.1, -0.05) is 45.2 Å². The van der Waals surface area contributed by atoms with E-state index in [1.54, 1.807) is 6.92 Å². The van der Waals surface area contributed by atoms with Crippen molar-refractivity contribution in [2.75, 3.05) is 20.3 Å². The molecule has 1 fully saturated rings. The summed E-state index contributed by atoms with van der Waals surface area (Å²) in [4.78, 5) is 26.5. The number of benzene rings is 1. The van der Waals surface area contributed by atoms with E-state index in [0.29, 0.717) is 12.3 Å². The van der Waals surface area contributed by atoms with Gasteiger partial charge in [0.1, 0.15) is 5.75 Å². The van der Waals surface area contributed by atoms with Crippen molar-refractivity contribution in [3.63, 3.8) is 0 Å². The summed E-state index contributed by atoms with van der Waals surface area (Å²) in [5.74, 6) is 0.0109. The van der Waals surface area contributed by atoms with Gasteiger partial charge in [-0.25, -0.2) is 0 Å². The van der Waals surface area contributed by atoms with Gasteiger partial charge < -0.3 is 14.4 Å². The van der Waals surface area contributed by atoms with Gasteiger partial charge in [0.15, 0.2) is 6.61 Å². The Balaban J connectivity index is 1.99. The predicted molar refractivity (Wildman–Crippen MR) is 101 cm³/mol. The van der Waals surface area contributed by atoms with E-state index in [1.807, 2.05) is 29.2 Å². The molecular weight excluding hydrogens is 330 g/mol. The van der Waals surface area contributed by atoms with Gasteiger partial charge in [-0.2, -0.15) is 0 Å². The van der Waals surface area contributed by atoms with E-state index in [9.17, 15) is 9.59 Å². The van der Waals surface area contributed by atoms with Gasteiger partial charge >= 0.3 is 5.97 Å². The molecule has 0 bridgehead atoms. The van der Waals surface area contributed by atoms with Crippen molar-refractivity contribution >= 4 is 11.9 Å². The number of carbonyl (C=O) groups excluding carboxylic acids is 2. The van der Waals surface area contributed by atoms with Crippen LogP contribution >= 0.6 is 0 Å². The van der Waals surface area contributed by atoms with E-state index in [-0.39, 0.29) is 30.4 Å². The van der Waals surface area contributed by atoms with Crippen molar-refractivity contribution in [3.8, 4) is 5.75 Å². The summed E-state index contributed by atoms with van der Waals surface area (Å²) in [6.45, 7) is 4.29. The molecule has 26 heavy (non-hydrogen) atoms. The number of esters is 1. The van der Waals surface area contributed by atoms with E-state index in [0.717, 1.165) is 32.1 Å². The fourth-order valence-corrected chi connectivity index (χ4v) is 3.47. The van der Waals surface area contributed by atoms with Crippen molar-refractivity contribution in [3.05, 3.63) is 29.8 Å². The number of hydrogen-bond acceptors (Lipinski definition) is 4. The second-order valence-electron chi connectivity index (χ2n) is 7.05. The minimum absolute atomic E-state index is 0.00410. The molecular formula is C21H31NO4. The molecule has 0 N–H and O–H groups in total. The highest BCUT2D eigenvalue weighted by Crippen LogP contribution is 2.24. The van der Waals surface area contributed by atoms with Crippen molar-refractivity contribution in [1.29, 1.82) is 0 Å². The van der Waals surface area contributed by atoms with E-state index in [2.05, 4.69) is 6.92 Å². The minimum atomic E-state index is -0.338. The molecule has 1 atom stereocenters. The molecule has 1 aliphatic rings. The largest absolute Gasteiger partial charge is 0.484 e. The first-order valence-corrected chi connectivity index (χ1v) is 9.64. The Kier molecular flexibility index (Phi) is 7.95. The second kappa shape index (κ2) is 10.2. The van der Waals surface area contributed by atoms with Crippen LogP contribution in [-0.2, 0) is 20.7 Å². The summed E-state index contributed by atoms with van der Waals surface area (Å²) < 4.78 is 10.5. The summed E-state index contributed by atoms with van der Waals surface area (Å²) in [7, 11) is 1.38. The fraction of sp³-hybridized carbons (Fsp3) is 0.619. The Labute approximate surface area is 156 Å². The van der Waals surface area contributed by atoms with E-state index in [1.165, 1.54) is 19.1 Å². The first kappa shape index (κ1) is 20.3. The standard InChI is InChI=1S/C21H31NO4/c1-4-17-10-12-19(13-11-17)26-15-20(23)22(14-16(2)21(24)25-3)18-8-6-5-7-9-18/h10-13,16,18H,4-9,14-15H2,1-3H3. The lowest BCUT2D eigenvalue weighted by Crippen LogP contribution is -2.47. The molecule has 0 aromatic heterocycles. The van der Waals surface area contributed by atoms with Crippen LogP contribution in [0.1, 0.15) is 51.5 Å². The van der Waals surface area contributed by atoms with Gasteiger partial charge in [0.2, 0.25) is 0 Å². The average molecular weight is 361 g/mol. The third-order valence-corrected chi connectivity index (χ3v) is 5.10. The zero-order chi connectivity index (χ0) is 18.9. The van der Waals surface area contributed by atoms with E-state index >= 15 is 0 Å². The average Bonchev–Trinajstić information content (AvgIpc) is 2.70. The molecule has 0 radical (unpaired) electrons. The summed E-state index contributed by atoms with van der Waals surface area (Å²) in [5.41, 5.74) is 1.24. The molecule has 5 heteroatoms. The van der Waals surface area contributed by atoms with Gasteiger partial charge in [0.05, 0.1) is 13.0 Å². The zero-order valence-corrected chi connectivity index (χ0v) is 16.2. The number of methoxy groups -OCH3 is 1. The molecule has 1 aliphatic carbocycles. The van der Waals surface area contributed by atoms with Gasteiger partial charge in [-0.05, 0) is 37.0 Å². The summed E-state index contributed by atoms with van der Waals surface area (Å²) in [5, 5.41) is 0. The monoisotopic (exact) mass is 361 g/mol. The number of hydrogen-bond donors (Lipinski definition) is 0. The van der Waals surface area contributed by atoms with Gasteiger partial charge in [-0.15, -0.1) is 0 Å². The van der Waals surface area contributed by atoms with Crippen molar-refractivity contribution in [2.24, 2.45) is 5.92 Å². The molecule has 1 aromatic carbocycles. The summed E-state index contributed by atoms with van der Waals surface area (Å²) >= 11 is 0. The van der Waals surface area contributed by atoms with Crippen LogP contribution < -0.4 is 4.74 Å².